The van der Waals surface area contributed by atoms with E-state index in [9.17, 15) is 4.79 Å². The highest BCUT2D eigenvalue weighted by Crippen LogP contribution is 2.29. The molecular weight excluding hydrogens is 222 g/mol. The number of nitrogens with zero attached hydrogens (tertiary/aromatic N) is 1. The highest BCUT2D eigenvalue weighted by molar-refractivity contribution is 6.04. The Kier molecular flexibility index (Phi) is 3.86. The van der Waals surface area contributed by atoms with Crippen molar-refractivity contribution in [2.24, 2.45) is 0 Å². The molecule has 1 unspecified atom stereocenters. The number of carbonyl (C=O) groups excluding carboxylic acids is 1. The van der Waals surface area contributed by atoms with Crippen LogP contribution in [0.2, 0.25) is 0 Å². The van der Waals surface area contributed by atoms with E-state index < -0.39 is 0 Å². The predicted molar refractivity (Wildman–Crippen MR) is 75.0 cm³/mol. The van der Waals surface area contributed by atoms with Gasteiger partial charge in [-0.1, -0.05) is 31.2 Å². The molecule has 1 aliphatic rings. The second-order valence-electron chi connectivity index (χ2n) is 5.47. The van der Waals surface area contributed by atoms with Gasteiger partial charge >= 0.3 is 0 Å². The molecule has 2 nitrogen and oxygen atoms in total. The van der Waals surface area contributed by atoms with Gasteiger partial charge in [0.05, 0.1) is 5.54 Å². The van der Waals surface area contributed by atoms with Crippen molar-refractivity contribution in [2.45, 2.75) is 45.6 Å². The molecule has 1 aromatic rings. The zero-order chi connectivity index (χ0) is 13.2. The number of aryl methyl sites for hydroxylation is 1. The van der Waals surface area contributed by atoms with Crippen molar-refractivity contribution in [3.05, 3.63) is 35.4 Å². The lowest BCUT2D eigenvalue weighted by Gasteiger charge is -2.37. The number of hydrogen-bond donors (Lipinski definition) is 0. The number of rotatable bonds is 4. The summed E-state index contributed by atoms with van der Waals surface area (Å²) >= 11 is 0. The molecule has 0 spiro atoms. The van der Waals surface area contributed by atoms with E-state index >= 15 is 0 Å². The average molecular weight is 245 g/mol. The van der Waals surface area contributed by atoms with Crippen LogP contribution in [0.4, 0.5) is 0 Å². The number of carbonyl (C=O) groups is 1. The van der Waals surface area contributed by atoms with Crippen molar-refractivity contribution in [3.8, 4) is 0 Å². The summed E-state index contributed by atoms with van der Waals surface area (Å²) in [5.74, 6) is 0.282. The summed E-state index contributed by atoms with van der Waals surface area (Å²) in [6, 6.07) is 7.93. The lowest BCUT2D eigenvalue weighted by Crippen LogP contribution is -2.50. The second kappa shape index (κ2) is 5.23. The summed E-state index contributed by atoms with van der Waals surface area (Å²) in [5, 5.41) is 0. The Labute approximate surface area is 110 Å². The summed E-state index contributed by atoms with van der Waals surface area (Å²) in [4.78, 5) is 15.2. The Bertz CT molecular complexity index is 434. The molecule has 98 valence electrons. The summed E-state index contributed by atoms with van der Waals surface area (Å²) in [5.41, 5.74) is 1.64. The van der Waals surface area contributed by atoms with Gasteiger partial charge in [-0.25, -0.2) is 0 Å². The highest BCUT2D eigenvalue weighted by atomic mass is 16.1. The SMILES string of the molecule is CCC(C)(C(=O)c1ccccc1C)N1CCCC1. The molecule has 1 heterocycles. The van der Waals surface area contributed by atoms with E-state index in [4.69, 9.17) is 0 Å². The summed E-state index contributed by atoms with van der Waals surface area (Å²) in [7, 11) is 0. The van der Waals surface area contributed by atoms with Gasteiger partial charge in [-0.05, 0) is 51.8 Å². The van der Waals surface area contributed by atoms with Crippen LogP contribution in [0.5, 0.6) is 0 Å². The van der Waals surface area contributed by atoms with Crippen LogP contribution in [0, 0.1) is 6.92 Å². The van der Waals surface area contributed by atoms with Crippen LogP contribution in [0.15, 0.2) is 24.3 Å². The molecule has 1 atom stereocenters. The fourth-order valence-electron chi connectivity index (χ4n) is 2.86. The smallest absolute Gasteiger partial charge is 0.183 e. The van der Waals surface area contributed by atoms with E-state index in [1.165, 1.54) is 12.8 Å². The van der Waals surface area contributed by atoms with Crippen molar-refractivity contribution in [3.63, 3.8) is 0 Å². The van der Waals surface area contributed by atoms with Crippen LogP contribution in [0.1, 0.15) is 49.0 Å². The topological polar surface area (TPSA) is 20.3 Å². The zero-order valence-corrected chi connectivity index (χ0v) is 11.7. The first-order valence-corrected chi connectivity index (χ1v) is 6.95. The van der Waals surface area contributed by atoms with Gasteiger partial charge in [-0.15, -0.1) is 0 Å². The molecule has 1 aliphatic heterocycles. The van der Waals surface area contributed by atoms with E-state index in [0.29, 0.717) is 0 Å². The Hall–Kier alpha value is -1.15. The number of benzene rings is 1. The Balaban J connectivity index is 2.32. The number of likely N-dealkylation sites (tertiary alicyclic amines) is 1. The monoisotopic (exact) mass is 245 g/mol. The van der Waals surface area contributed by atoms with Crippen LogP contribution >= 0.6 is 0 Å². The molecule has 0 radical (unpaired) electrons. The maximum Gasteiger partial charge on any atom is 0.183 e. The average Bonchev–Trinajstić information content (AvgIpc) is 2.92. The first-order chi connectivity index (χ1) is 8.59. The lowest BCUT2D eigenvalue weighted by molar-refractivity contribution is 0.0647. The fraction of sp³-hybridized carbons (Fsp3) is 0.562. The first-order valence-electron chi connectivity index (χ1n) is 6.95. The minimum Gasteiger partial charge on any atom is -0.292 e. The van der Waals surface area contributed by atoms with Gasteiger partial charge in [0.2, 0.25) is 0 Å². The molecule has 1 fully saturated rings. The molecule has 0 saturated carbocycles. The van der Waals surface area contributed by atoms with Crippen LogP contribution < -0.4 is 0 Å². The van der Waals surface area contributed by atoms with Crippen LogP contribution in [0.25, 0.3) is 0 Å². The number of hydrogen-bond acceptors (Lipinski definition) is 2. The van der Waals surface area contributed by atoms with Crippen molar-refractivity contribution in [2.75, 3.05) is 13.1 Å². The second-order valence-corrected chi connectivity index (χ2v) is 5.47. The molecule has 0 bridgehead atoms. The zero-order valence-electron chi connectivity index (χ0n) is 11.7. The third kappa shape index (κ3) is 2.22. The minimum absolute atomic E-state index is 0.282. The third-order valence-corrected chi connectivity index (χ3v) is 4.37. The lowest BCUT2D eigenvalue weighted by atomic mass is 9.85. The van der Waals surface area contributed by atoms with Crippen molar-refractivity contribution < 1.29 is 4.79 Å². The van der Waals surface area contributed by atoms with Gasteiger partial charge < -0.3 is 0 Å². The van der Waals surface area contributed by atoms with Gasteiger partial charge in [-0.2, -0.15) is 0 Å². The van der Waals surface area contributed by atoms with E-state index in [1.807, 2.05) is 31.2 Å². The maximum absolute atomic E-state index is 12.9. The number of Topliss-reactive ketones (excluding diaryl/α,β-unsaturated/α-hetero) is 1. The summed E-state index contributed by atoms with van der Waals surface area (Å²) < 4.78 is 0. The van der Waals surface area contributed by atoms with Crippen molar-refractivity contribution >= 4 is 5.78 Å². The number of ketones is 1. The third-order valence-electron chi connectivity index (χ3n) is 4.37. The van der Waals surface area contributed by atoms with Gasteiger partial charge in [0.1, 0.15) is 0 Å². The molecule has 0 aromatic heterocycles. The van der Waals surface area contributed by atoms with E-state index in [2.05, 4.69) is 18.7 Å². The van der Waals surface area contributed by atoms with Crippen LogP contribution in [0.3, 0.4) is 0 Å². The van der Waals surface area contributed by atoms with Crippen molar-refractivity contribution in [1.82, 2.24) is 4.90 Å². The summed E-state index contributed by atoms with van der Waals surface area (Å²) in [6.45, 7) is 8.36. The van der Waals surface area contributed by atoms with Crippen LogP contribution in [-0.2, 0) is 0 Å². The fourth-order valence-corrected chi connectivity index (χ4v) is 2.86. The molecule has 2 heteroatoms. The first kappa shape index (κ1) is 13.3. The van der Waals surface area contributed by atoms with E-state index in [0.717, 1.165) is 30.6 Å². The Morgan fingerprint density at radius 1 is 1.28 bits per heavy atom. The van der Waals surface area contributed by atoms with E-state index in [1.54, 1.807) is 0 Å². The molecule has 1 saturated heterocycles. The van der Waals surface area contributed by atoms with Crippen LogP contribution in [-0.4, -0.2) is 29.3 Å². The largest absolute Gasteiger partial charge is 0.292 e. The highest BCUT2D eigenvalue weighted by Gasteiger charge is 2.39. The molecule has 0 amide bonds. The molecule has 0 N–H and O–H groups in total. The maximum atomic E-state index is 12.9. The standard InChI is InChI=1S/C16H23NO/c1-4-16(3,17-11-7-8-12-17)15(18)14-10-6-5-9-13(14)2/h5-6,9-10H,4,7-8,11-12H2,1-3H3. The van der Waals surface area contributed by atoms with E-state index in [-0.39, 0.29) is 11.3 Å². The molecular formula is C16H23NO. The van der Waals surface area contributed by atoms with Gasteiger partial charge in [0.25, 0.3) is 0 Å². The molecule has 18 heavy (non-hydrogen) atoms. The Morgan fingerprint density at radius 3 is 2.44 bits per heavy atom. The van der Waals surface area contributed by atoms with Crippen molar-refractivity contribution in [1.29, 1.82) is 0 Å². The molecule has 0 aliphatic carbocycles. The normalized spacial score (nSPS) is 19.7. The van der Waals surface area contributed by atoms with Gasteiger partial charge in [0.15, 0.2) is 5.78 Å². The minimum atomic E-state index is -0.331. The Morgan fingerprint density at radius 2 is 1.89 bits per heavy atom. The quantitative estimate of drug-likeness (QED) is 0.757. The van der Waals surface area contributed by atoms with Gasteiger partial charge in [-0.3, -0.25) is 9.69 Å². The van der Waals surface area contributed by atoms with Gasteiger partial charge in [0, 0.05) is 5.56 Å². The summed E-state index contributed by atoms with van der Waals surface area (Å²) in [6.07, 6.45) is 3.31. The molecule has 2 rings (SSSR count). The molecule has 1 aromatic carbocycles. The predicted octanol–water partition coefficient (Wildman–Crippen LogP) is 3.44.